The summed E-state index contributed by atoms with van der Waals surface area (Å²) in [5.74, 6) is -2.03. The van der Waals surface area contributed by atoms with E-state index in [1.165, 1.54) is 10.6 Å². The lowest BCUT2D eigenvalue weighted by molar-refractivity contribution is -0.137. The van der Waals surface area contributed by atoms with E-state index in [1.807, 2.05) is 0 Å². The summed E-state index contributed by atoms with van der Waals surface area (Å²) in [4.78, 5) is 38.9. The van der Waals surface area contributed by atoms with Crippen molar-refractivity contribution in [3.63, 3.8) is 0 Å². The highest BCUT2D eigenvalue weighted by molar-refractivity contribution is 6.40. The third-order valence-electron chi connectivity index (χ3n) is 2.32. The zero-order chi connectivity index (χ0) is 13.1. The summed E-state index contributed by atoms with van der Waals surface area (Å²) in [5.41, 5.74) is -0.473. The molecule has 2 aromatic heterocycles. The molecule has 0 unspecified atom stereocenters. The summed E-state index contributed by atoms with van der Waals surface area (Å²) in [5, 5.41) is 0. The molecule has 6 heteroatoms. The first kappa shape index (κ1) is 12.0. The Kier molecular flexibility index (Phi) is 3.18. The first-order valence-corrected chi connectivity index (χ1v) is 5.33. The fourth-order valence-corrected chi connectivity index (χ4v) is 1.49. The van der Waals surface area contributed by atoms with Gasteiger partial charge in [0.15, 0.2) is 0 Å². The van der Waals surface area contributed by atoms with Crippen LogP contribution in [-0.2, 0) is 9.53 Å². The topological polar surface area (TPSA) is 77.7 Å². The maximum Gasteiger partial charge on any atom is 0.379 e. The molecule has 92 valence electrons. The lowest BCUT2D eigenvalue weighted by atomic mass is 10.2. The maximum absolute atomic E-state index is 12.0. The number of carbonyl (C=O) groups is 2. The summed E-state index contributed by atoms with van der Waals surface area (Å²) >= 11 is 0. The molecule has 2 aromatic rings. The standard InChI is InChI=1S/C12H10N2O4/c1-2-18-12(17)10(15)8-7-13-9-5-3-4-6-14(9)11(8)16/h3-7H,2H2,1H3. The number of esters is 1. The summed E-state index contributed by atoms with van der Waals surface area (Å²) in [6, 6.07) is 4.98. The average Bonchev–Trinajstić information content (AvgIpc) is 2.39. The van der Waals surface area contributed by atoms with Crippen molar-refractivity contribution >= 4 is 17.4 Å². The molecular formula is C12H10N2O4. The second-order valence-electron chi connectivity index (χ2n) is 3.46. The van der Waals surface area contributed by atoms with Gasteiger partial charge in [-0.05, 0) is 19.1 Å². The van der Waals surface area contributed by atoms with Crippen LogP contribution in [0.2, 0.25) is 0 Å². The fraction of sp³-hybridized carbons (Fsp3) is 0.167. The number of pyridine rings is 1. The quantitative estimate of drug-likeness (QED) is 0.446. The molecule has 0 fully saturated rings. The molecule has 0 aliphatic heterocycles. The predicted molar refractivity (Wildman–Crippen MR) is 62.4 cm³/mol. The molecule has 0 N–H and O–H groups in total. The predicted octanol–water partition coefficient (Wildman–Crippen LogP) is 0.440. The number of aromatic nitrogens is 2. The smallest absolute Gasteiger partial charge is 0.379 e. The molecule has 0 radical (unpaired) electrons. The van der Waals surface area contributed by atoms with E-state index in [4.69, 9.17) is 0 Å². The minimum Gasteiger partial charge on any atom is -0.460 e. The van der Waals surface area contributed by atoms with Crippen molar-refractivity contribution in [1.82, 2.24) is 9.38 Å². The van der Waals surface area contributed by atoms with Crippen molar-refractivity contribution in [3.05, 3.63) is 46.5 Å². The molecule has 0 spiro atoms. The van der Waals surface area contributed by atoms with Gasteiger partial charge >= 0.3 is 5.97 Å². The number of ether oxygens (including phenoxy) is 1. The second-order valence-corrected chi connectivity index (χ2v) is 3.46. The zero-order valence-electron chi connectivity index (χ0n) is 9.62. The molecular weight excluding hydrogens is 236 g/mol. The van der Waals surface area contributed by atoms with Gasteiger partial charge in [0, 0.05) is 12.4 Å². The maximum atomic E-state index is 12.0. The van der Waals surface area contributed by atoms with Gasteiger partial charge in [-0.1, -0.05) is 6.07 Å². The van der Waals surface area contributed by atoms with E-state index >= 15 is 0 Å². The van der Waals surface area contributed by atoms with Crippen LogP contribution in [0.3, 0.4) is 0 Å². The minimum atomic E-state index is -1.05. The van der Waals surface area contributed by atoms with E-state index in [2.05, 4.69) is 9.72 Å². The summed E-state index contributed by atoms with van der Waals surface area (Å²) in [6.07, 6.45) is 2.57. The number of Topliss-reactive ketones (excluding diaryl/α,β-unsaturated/α-hetero) is 1. The van der Waals surface area contributed by atoms with Crippen LogP contribution in [0.5, 0.6) is 0 Å². The van der Waals surface area contributed by atoms with Gasteiger partial charge in [0.2, 0.25) is 0 Å². The van der Waals surface area contributed by atoms with E-state index in [1.54, 1.807) is 25.1 Å². The first-order chi connectivity index (χ1) is 8.65. The van der Waals surface area contributed by atoms with Crippen LogP contribution in [0.15, 0.2) is 35.4 Å². The highest BCUT2D eigenvalue weighted by atomic mass is 16.5. The lowest BCUT2D eigenvalue weighted by Gasteiger charge is -2.02. The Morgan fingerprint density at radius 3 is 2.89 bits per heavy atom. The number of rotatable bonds is 3. The Morgan fingerprint density at radius 2 is 2.17 bits per heavy atom. The number of hydrogen-bond acceptors (Lipinski definition) is 5. The first-order valence-electron chi connectivity index (χ1n) is 5.33. The van der Waals surface area contributed by atoms with E-state index < -0.39 is 17.3 Å². The van der Waals surface area contributed by atoms with Crippen molar-refractivity contribution in [2.45, 2.75) is 6.92 Å². The molecule has 2 rings (SSSR count). The van der Waals surface area contributed by atoms with Crippen LogP contribution in [0.25, 0.3) is 5.65 Å². The minimum absolute atomic E-state index is 0.0763. The van der Waals surface area contributed by atoms with E-state index in [0.717, 1.165) is 6.20 Å². The molecule has 0 aliphatic rings. The van der Waals surface area contributed by atoms with Gasteiger partial charge in [0.25, 0.3) is 11.3 Å². The van der Waals surface area contributed by atoms with Crippen LogP contribution in [0.4, 0.5) is 0 Å². The van der Waals surface area contributed by atoms with E-state index in [0.29, 0.717) is 5.65 Å². The number of hydrogen-bond donors (Lipinski definition) is 0. The van der Waals surface area contributed by atoms with Crippen LogP contribution in [0, 0.1) is 0 Å². The van der Waals surface area contributed by atoms with E-state index in [-0.39, 0.29) is 12.2 Å². The van der Waals surface area contributed by atoms with Gasteiger partial charge in [0.05, 0.1) is 6.61 Å². The van der Waals surface area contributed by atoms with Gasteiger partial charge < -0.3 is 4.74 Å². The SMILES string of the molecule is CCOC(=O)C(=O)c1cnc2ccccn2c1=O. The molecule has 0 saturated heterocycles. The van der Waals surface area contributed by atoms with Crippen LogP contribution in [-0.4, -0.2) is 27.7 Å². The molecule has 18 heavy (non-hydrogen) atoms. The van der Waals surface area contributed by atoms with Gasteiger partial charge in [-0.15, -0.1) is 0 Å². The van der Waals surface area contributed by atoms with Gasteiger partial charge in [0.1, 0.15) is 11.2 Å². The average molecular weight is 246 g/mol. The normalized spacial score (nSPS) is 10.3. The van der Waals surface area contributed by atoms with Gasteiger partial charge in [-0.3, -0.25) is 14.0 Å². The molecule has 6 nitrogen and oxygen atoms in total. The largest absolute Gasteiger partial charge is 0.460 e. The van der Waals surface area contributed by atoms with Crippen LogP contribution < -0.4 is 5.56 Å². The highest BCUT2D eigenvalue weighted by Gasteiger charge is 2.21. The monoisotopic (exact) mass is 246 g/mol. The summed E-state index contributed by atoms with van der Waals surface area (Å²) < 4.78 is 5.76. The Labute approximate surface area is 102 Å². The van der Waals surface area contributed by atoms with Gasteiger partial charge in [-0.25, -0.2) is 9.78 Å². The van der Waals surface area contributed by atoms with Crippen LogP contribution >= 0.6 is 0 Å². The Balaban J connectivity index is 2.53. The molecule has 2 heterocycles. The Hall–Kier alpha value is -2.50. The summed E-state index contributed by atoms with van der Waals surface area (Å²) in [6.45, 7) is 1.66. The third kappa shape index (κ3) is 2.00. The second kappa shape index (κ2) is 4.79. The molecule has 0 aromatic carbocycles. The van der Waals surface area contributed by atoms with Crippen molar-refractivity contribution in [2.24, 2.45) is 0 Å². The van der Waals surface area contributed by atoms with Crippen molar-refractivity contribution in [2.75, 3.05) is 6.61 Å². The fourth-order valence-electron chi connectivity index (χ4n) is 1.49. The Morgan fingerprint density at radius 1 is 1.39 bits per heavy atom. The molecule has 0 atom stereocenters. The highest BCUT2D eigenvalue weighted by Crippen LogP contribution is 1.99. The number of nitrogens with zero attached hydrogens (tertiary/aromatic N) is 2. The van der Waals surface area contributed by atoms with Crippen molar-refractivity contribution in [1.29, 1.82) is 0 Å². The van der Waals surface area contributed by atoms with Crippen molar-refractivity contribution < 1.29 is 14.3 Å². The number of carbonyl (C=O) groups excluding carboxylic acids is 2. The van der Waals surface area contributed by atoms with Crippen molar-refractivity contribution in [3.8, 4) is 0 Å². The van der Waals surface area contributed by atoms with Crippen LogP contribution in [0.1, 0.15) is 17.3 Å². The summed E-state index contributed by atoms with van der Waals surface area (Å²) in [7, 11) is 0. The molecule has 0 saturated carbocycles. The molecule has 0 bridgehead atoms. The number of ketones is 1. The van der Waals surface area contributed by atoms with Gasteiger partial charge in [-0.2, -0.15) is 0 Å². The lowest BCUT2D eigenvalue weighted by Crippen LogP contribution is -2.28. The molecule has 0 amide bonds. The Bertz CT molecular complexity index is 675. The molecule has 0 aliphatic carbocycles. The third-order valence-corrected chi connectivity index (χ3v) is 2.32. The number of fused-ring (bicyclic) bond motifs is 1. The van der Waals surface area contributed by atoms with E-state index in [9.17, 15) is 14.4 Å². The zero-order valence-corrected chi connectivity index (χ0v) is 9.62.